The molecule has 0 amide bonds. The van der Waals surface area contributed by atoms with Crippen molar-refractivity contribution < 1.29 is 29.0 Å². The molecule has 0 aliphatic heterocycles. The third-order valence-electron chi connectivity index (χ3n) is 3.83. The molecule has 0 aliphatic carbocycles. The Hall–Kier alpha value is -3.19. The van der Waals surface area contributed by atoms with E-state index in [2.05, 4.69) is 4.74 Å². The molecule has 0 unspecified atom stereocenters. The van der Waals surface area contributed by atoms with Gasteiger partial charge in [0, 0.05) is 0 Å². The zero-order chi connectivity index (χ0) is 20.0. The minimum absolute atomic E-state index is 0.175. The largest absolute Gasteiger partial charge is 0.488 e. The fourth-order valence-electron chi connectivity index (χ4n) is 2.50. The van der Waals surface area contributed by atoms with Crippen LogP contribution in [0.3, 0.4) is 0 Å². The van der Waals surface area contributed by atoms with Gasteiger partial charge in [-0.3, -0.25) is 9.59 Å². The number of aryl methyl sites for hydroxylation is 2. The Morgan fingerprint density at radius 3 is 2.22 bits per heavy atom. The number of carbonyl (C=O) groups excluding carboxylic acids is 2. The van der Waals surface area contributed by atoms with E-state index in [1.807, 2.05) is 30.3 Å². The van der Waals surface area contributed by atoms with Crippen molar-refractivity contribution in [1.82, 2.24) is 0 Å². The molecule has 0 aliphatic rings. The molecule has 0 heterocycles. The summed E-state index contributed by atoms with van der Waals surface area (Å²) in [5.74, 6) is -2.55. The highest BCUT2D eigenvalue weighted by Gasteiger charge is 2.21. The summed E-state index contributed by atoms with van der Waals surface area (Å²) < 4.78 is 10.5. The highest BCUT2D eigenvalue weighted by Crippen LogP contribution is 2.26. The molecule has 0 bridgehead atoms. The zero-order valence-corrected chi connectivity index (χ0v) is 15.1. The molecule has 2 rings (SSSR count). The van der Waals surface area contributed by atoms with Gasteiger partial charge in [-0.1, -0.05) is 30.3 Å². The number of rotatable bonds is 7. The van der Waals surface area contributed by atoms with Crippen LogP contribution in [0.25, 0.3) is 0 Å². The van der Waals surface area contributed by atoms with Crippen LogP contribution in [0, 0.1) is 13.8 Å². The standard InChI is InChI=1S/C20H21NO6/c1-12-8-15(20(25)27-17(22)10-16(21)19(23)24)9-13(2)18(12)26-11-14-6-4-3-5-7-14/h3-9,16H,10-11,21H2,1-2H3,(H,23,24)/t16-/m0/s1. The maximum atomic E-state index is 12.1. The third-order valence-corrected chi connectivity index (χ3v) is 3.83. The lowest BCUT2D eigenvalue weighted by molar-refractivity contribution is -0.145. The molecule has 0 spiro atoms. The van der Waals surface area contributed by atoms with Gasteiger partial charge in [0.05, 0.1) is 12.0 Å². The van der Waals surface area contributed by atoms with E-state index in [-0.39, 0.29) is 5.56 Å². The lowest BCUT2D eigenvalue weighted by Gasteiger charge is -2.14. The predicted molar refractivity (Wildman–Crippen MR) is 97.3 cm³/mol. The molecule has 1 atom stereocenters. The normalized spacial score (nSPS) is 11.5. The van der Waals surface area contributed by atoms with Gasteiger partial charge in [0.1, 0.15) is 18.4 Å². The fraction of sp³-hybridized carbons (Fsp3) is 0.250. The van der Waals surface area contributed by atoms with Gasteiger partial charge in [0.2, 0.25) is 0 Å². The first kappa shape index (κ1) is 20.1. The van der Waals surface area contributed by atoms with E-state index in [0.29, 0.717) is 23.5 Å². The minimum atomic E-state index is -1.41. The summed E-state index contributed by atoms with van der Waals surface area (Å²) in [6, 6.07) is 11.4. The topological polar surface area (TPSA) is 116 Å². The molecule has 7 heteroatoms. The number of hydrogen-bond acceptors (Lipinski definition) is 6. The zero-order valence-electron chi connectivity index (χ0n) is 15.1. The Morgan fingerprint density at radius 1 is 1.07 bits per heavy atom. The van der Waals surface area contributed by atoms with Crippen molar-refractivity contribution in [2.45, 2.75) is 32.9 Å². The second-order valence-electron chi connectivity index (χ2n) is 6.12. The molecule has 0 saturated carbocycles. The average Bonchev–Trinajstić information content (AvgIpc) is 2.61. The quantitative estimate of drug-likeness (QED) is 0.567. The Kier molecular flexibility index (Phi) is 6.67. The van der Waals surface area contributed by atoms with E-state index in [1.54, 1.807) is 26.0 Å². The van der Waals surface area contributed by atoms with Crippen molar-refractivity contribution in [3.05, 3.63) is 64.7 Å². The molecule has 3 N–H and O–H groups in total. The Balaban J connectivity index is 2.05. The fourth-order valence-corrected chi connectivity index (χ4v) is 2.50. The molecular weight excluding hydrogens is 350 g/mol. The summed E-state index contributed by atoms with van der Waals surface area (Å²) in [6.07, 6.45) is -0.586. The van der Waals surface area contributed by atoms with Crippen LogP contribution < -0.4 is 10.5 Å². The number of esters is 2. The lowest BCUT2D eigenvalue weighted by atomic mass is 10.1. The van der Waals surface area contributed by atoms with Crippen LogP contribution in [0.5, 0.6) is 5.75 Å². The summed E-state index contributed by atoms with van der Waals surface area (Å²) in [5, 5.41) is 8.69. The number of hydrogen-bond donors (Lipinski definition) is 2. The first-order chi connectivity index (χ1) is 12.8. The van der Waals surface area contributed by atoms with E-state index < -0.39 is 30.4 Å². The predicted octanol–water partition coefficient (Wildman–Crippen LogP) is 2.37. The summed E-state index contributed by atoms with van der Waals surface area (Å²) in [4.78, 5) is 34.4. The minimum Gasteiger partial charge on any atom is -0.488 e. The van der Waals surface area contributed by atoms with Gasteiger partial charge in [-0.05, 0) is 42.7 Å². The van der Waals surface area contributed by atoms with Crippen LogP contribution in [-0.4, -0.2) is 29.1 Å². The van der Waals surface area contributed by atoms with Crippen LogP contribution >= 0.6 is 0 Å². The second-order valence-corrected chi connectivity index (χ2v) is 6.12. The second kappa shape index (κ2) is 8.95. The van der Waals surface area contributed by atoms with Crippen molar-refractivity contribution in [2.24, 2.45) is 5.73 Å². The van der Waals surface area contributed by atoms with Gasteiger partial charge in [0.15, 0.2) is 0 Å². The van der Waals surface area contributed by atoms with E-state index in [4.69, 9.17) is 15.6 Å². The summed E-state index contributed by atoms with van der Waals surface area (Å²) in [6.45, 7) is 3.95. The van der Waals surface area contributed by atoms with Crippen molar-refractivity contribution >= 4 is 17.9 Å². The monoisotopic (exact) mass is 371 g/mol. The molecular formula is C20H21NO6. The molecule has 0 fully saturated rings. The molecule has 7 nitrogen and oxygen atoms in total. The van der Waals surface area contributed by atoms with E-state index >= 15 is 0 Å². The average molecular weight is 371 g/mol. The van der Waals surface area contributed by atoms with E-state index in [0.717, 1.165) is 5.56 Å². The van der Waals surface area contributed by atoms with E-state index in [9.17, 15) is 14.4 Å². The number of aliphatic carboxylic acids is 1. The molecule has 2 aromatic rings. The maximum absolute atomic E-state index is 12.1. The lowest BCUT2D eigenvalue weighted by Crippen LogP contribution is -2.33. The Labute approximate surface area is 156 Å². The van der Waals surface area contributed by atoms with Crippen LogP contribution in [0.15, 0.2) is 42.5 Å². The number of benzene rings is 2. The third kappa shape index (κ3) is 5.65. The summed E-state index contributed by atoms with van der Waals surface area (Å²) >= 11 is 0. The highest BCUT2D eigenvalue weighted by atomic mass is 16.6. The van der Waals surface area contributed by atoms with Crippen LogP contribution in [-0.2, 0) is 20.9 Å². The molecule has 2 aromatic carbocycles. The molecule has 27 heavy (non-hydrogen) atoms. The highest BCUT2D eigenvalue weighted by molar-refractivity contribution is 5.98. The molecule has 0 aromatic heterocycles. The first-order valence-corrected chi connectivity index (χ1v) is 8.29. The van der Waals surface area contributed by atoms with E-state index in [1.165, 1.54) is 0 Å². The Bertz CT molecular complexity index is 824. The van der Waals surface area contributed by atoms with Crippen molar-refractivity contribution in [2.75, 3.05) is 0 Å². The number of carboxylic acid groups (broad SMARTS) is 1. The molecule has 0 radical (unpaired) electrons. The van der Waals surface area contributed by atoms with Gasteiger partial charge in [-0.15, -0.1) is 0 Å². The number of nitrogens with two attached hydrogens (primary N) is 1. The number of carboxylic acids is 1. The summed E-state index contributed by atoms with van der Waals surface area (Å²) in [5.41, 5.74) is 7.87. The SMILES string of the molecule is Cc1cc(C(=O)OC(=O)C[C@H](N)C(=O)O)cc(C)c1OCc1ccccc1. The van der Waals surface area contributed by atoms with Gasteiger partial charge < -0.3 is 20.3 Å². The van der Waals surface area contributed by atoms with Crippen LogP contribution in [0.1, 0.15) is 33.5 Å². The smallest absolute Gasteiger partial charge is 0.345 e. The molecule has 0 saturated heterocycles. The first-order valence-electron chi connectivity index (χ1n) is 8.29. The number of carbonyl (C=O) groups is 3. The molecule has 142 valence electrons. The van der Waals surface area contributed by atoms with Crippen LogP contribution in [0.4, 0.5) is 0 Å². The Morgan fingerprint density at radius 2 is 1.67 bits per heavy atom. The van der Waals surface area contributed by atoms with Gasteiger partial charge in [0.25, 0.3) is 0 Å². The summed E-state index contributed by atoms with van der Waals surface area (Å²) in [7, 11) is 0. The van der Waals surface area contributed by atoms with Crippen molar-refractivity contribution in [3.63, 3.8) is 0 Å². The van der Waals surface area contributed by atoms with Gasteiger partial charge in [-0.2, -0.15) is 0 Å². The van der Waals surface area contributed by atoms with Crippen molar-refractivity contribution in [3.8, 4) is 5.75 Å². The number of ether oxygens (including phenoxy) is 2. The van der Waals surface area contributed by atoms with Gasteiger partial charge in [-0.25, -0.2) is 4.79 Å². The maximum Gasteiger partial charge on any atom is 0.345 e. The van der Waals surface area contributed by atoms with Crippen molar-refractivity contribution in [1.29, 1.82) is 0 Å². The van der Waals surface area contributed by atoms with Crippen LogP contribution in [0.2, 0.25) is 0 Å². The van der Waals surface area contributed by atoms with Gasteiger partial charge >= 0.3 is 17.9 Å².